The van der Waals surface area contributed by atoms with E-state index in [0.717, 1.165) is 32.6 Å². The molecule has 0 saturated carbocycles. The number of carboxylic acid groups (broad SMARTS) is 1. The first-order valence-corrected chi connectivity index (χ1v) is 6.11. The van der Waals surface area contributed by atoms with Gasteiger partial charge in [-0.3, -0.25) is 4.79 Å². The zero-order valence-corrected chi connectivity index (χ0v) is 10.7. The second-order valence-electron chi connectivity index (χ2n) is 4.21. The standard InChI is InChI=1S/C12H20F2O4/c1-3-4-5-6-7-8-10(15)18-9(2)12(13,14)11(16)17/h9H,3-8H2,1-2H3,(H,16,17)/p-1. The summed E-state index contributed by atoms with van der Waals surface area (Å²) in [6.45, 7) is 2.89. The van der Waals surface area contributed by atoms with Gasteiger partial charge in [-0.05, 0) is 13.3 Å². The van der Waals surface area contributed by atoms with E-state index in [1.165, 1.54) is 0 Å². The SMILES string of the molecule is CCCCCCCC(=O)OC(C)C(F)(F)C(=O)[O-]. The maximum atomic E-state index is 12.8. The summed E-state index contributed by atoms with van der Waals surface area (Å²) in [6.07, 6.45) is 2.52. The lowest BCUT2D eigenvalue weighted by Gasteiger charge is -2.24. The van der Waals surface area contributed by atoms with Gasteiger partial charge in [0, 0.05) is 6.42 Å². The van der Waals surface area contributed by atoms with Gasteiger partial charge in [-0.1, -0.05) is 32.6 Å². The van der Waals surface area contributed by atoms with Gasteiger partial charge in [-0.25, -0.2) is 0 Å². The fourth-order valence-corrected chi connectivity index (χ4v) is 1.37. The molecule has 6 heteroatoms. The molecule has 0 bridgehead atoms. The van der Waals surface area contributed by atoms with Crippen molar-refractivity contribution in [3.63, 3.8) is 0 Å². The van der Waals surface area contributed by atoms with E-state index in [1.807, 2.05) is 0 Å². The van der Waals surface area contributed by atoms with Crippen molar-refractivity contribution < 1.29 is 28.2 Å². The van der Waals surface area contributed by atoms with Crippen molar-refractivity contribution in [1.82, 2.24) is 0 Å². The summed E-state index contributed by atoms with van der Waals surface area (Å²) < 4.78 is 30.1. The van der Waals surface area contributed by atoms with Crippen LogP contribution in [0.4, 0.5) is 8.78 Å². The van der Waals surface area contributed by atoms with Gasteiger partial charge >= 0.3 is 11.9 Å². The molecule has 0 saturated heterocycles. The summed E-state index contributed by atoms with van der Waals surface area (Å²) in [4.78, 5) is 21.3. The van der Waals surface area contributed by atoms with E-state index in [0.29, 0.717) is 6.42 Å². The molecule has 106 valence electrons. The molecular weight excluding hydrogens is 246 g/mol. The number of hydrogen-bond donors (Lipinski definition) is 0. The van der Waals surface area contributed by atoms with Crippen LogP contribution in [-0.4, -0.2) is 24.0 Å². The number of ether oxygens (including phenoxy) is 1. The highest BCUT2D eigenvalue weighted by atomic mass is 19.3. The predicted molar refractivity (Wildman–Crippen MR) is 58.9 cm³/mol. The smallest absolute Gasteiger partial charge is 0.322 e. The first kappa shape index (κ1) is 16.8. The van der Waals surface area contributed by atoms with Crippen LogP contribution in [0.3, 0.4) is 0 Å². The molecule has 0 rings (SSSR count). The van der Waals surface area contributed by atoms with Crippen molar-refractivity contribution in [2.75, 3.05) is 0 Å². The number of esters is 1. The molecule has 0 aromatic carbocycles. The highest BCUT2D eigenvalue weighted by Crippen LogP contribution is 2.21. The van der Waals surface area contributed by atoms with E-state index in [-0.39, 0.29) is 6.42 Å². The lowest BCUT2D eigenvalue weighted by molar-refractivity contribution is -0.335. The average molecular weight is 265 g/mol. The fraction of sp³-hybridized carbons (Fsp3) is 0.833. The monoisotopic (exact) mass is 265 g/mol. The summed E-state index contributed by atoms with van der Waals surface area (Å²) in [5.74, 6) is -7.50. The van der Waals surface area contributed by atoms with Crippen molar-refractivity contribution in [2.45, 2.75) is 64.4 Å². The predicted octanol–water partition coefficient (Wildman–Crippen LogP) is 1.66. The molecule has 0 aliphatic carbocycles. The van der Waals surface area contributed by atoms with Gasteiger partial charge in [0.1, 0.15) is 5.97 Å². The van der Waals surface area contributed by atoms with Crippen LogP contribution in [-0.2, 0) is 14.3 Å². The Labute approximate surface area is 105 Å². The molecule has 18 heavy (non-hydrogen) atoms. The third-order valence-electron chi connectivity index (χ3n) is 2.58. The van der Waals surface area contributed by atoms with Gasteiger partial charge in [-0.2, -0.15) is 8.78 Å². The summed E-state index contributed by atoms with van der Waals surface area (Å²) >= 11 is 0. The molecule has 0 aliphatic rings. The Bertz CT molecular complexity index is 279. The third kappa shape index (κ3) is 5.93. The third-order valence-corrected chi connectivity index (χ3v) is 2.58. The van der Waals surface area contributed by atoms with Crippen molar-refractivity contribution in [2.24, 2.45) is 0 Å². The zero-order chi connectivity index (χ0) is 14.2. The summed E-state index contributed by atoms with van der Waals surface area (Å²) in [5.41, 5.74) is 0. The number of alkyl halides is 2. The van der Waals surface area contributed by atoms with Crippen LogP contribution in [0.5, 0.6) is 0 Å². The lowest BCUT2D eigenvalue weighted by Crippen LogP contribution is -2.50. The Morgan fingerprint density at radius 1 is 1.22 bits per heavy atom. The minimum atomic E-state index is -4.15. The minimum Gasteiger partial charge on any atom is -0.544 e. The van der Waals surface area contributed by atoms with Crippen LogP contribution in [0.2, 0.25) is 0 Å². The topological polar surface area (TPSA) is 66.4 Å². The van der Waals surface area contributed by atoms with Crippen molar-refractivity contribution in [3.8, 4) is 0 Å². The Kier molecular flexibility index (Phi) is 7.47. The van der Waals surface area contributed by atoms with E-state index in [4.69, 9.17) is 0 Å². The van der Waals surface area contributed by atoms with Crippen LogP contribution in [0.1, 0.15) is 52.4 Å². The summed E-state index contributed by atoms with van der Waals surface area (Å²) in [7, 11) is 0. The number of halogens is 2. The number of unbranched alkanes of at least 4 members (excludes halogenated alkanes) is 4. The maximum Gasteiger partial charge on any atom is 0.322 e. The van der Waals surface area contributed by atoms with Gasteiger partial charge in [0.2, 0.25) is 0 Å². The van der Waals surface area contributed by atoms with E-state index < -0.39 is 24.0 Å². The van der Waals surface area contributed by atoms with Crippen LogP contribution in [0.25, 0.3) is 0 Å². The molecule has 0 heterocycles. The molecule has 1 unspecified atom stereocenters. The molecule has 1 atom stereocenters. The van der Waals surface area contributed by atoms with Gasteiger partial charge in [0.15, 0.2) is 6.10 Å². The summed E-state index contributed by atoms with van der Waals surface area (Å²) in [6, 6.07) is 0. The number of rotatable bonds is 9. The Balaban J connectivity index is 3.91. The fourth-order valence-electron chi connectivity index (χ4n) is 1.37. The van der Waals surface area contributed by atoms with Crippen LogP contribution in [0, 0.1) is 0 Å². The first-order valence-electron chi connectivity index (χ1n) is 6.11. The Hall–Kier alpha value is -1.20. The number of carboxylic acids is 1. The van der Waals surface area contributed by atoms with Crippen molar-refractivity contribution >= 4 is 11.9 Å². The number of hydrogen-bond acceptors (Lipinski definition) is 4. The number of carbonyl (C=O) groups excluding carboxylic acids is 2. The number of carbonyl (C=O) groups is 2. The van der Waals surface area contributed by atoms with Crippen molar-refractivity contribution in [3.05, 3.63) is 0 Å². The molecule has 0 aromatic heterocycles. The van der Waals surface area contributed by atoms with E-state index >= 15 is 0 Å². The highest BCUT2D eigenvalue weighted by molar-refractivity contribution is 5.75. The summed E-state index contributed by atoms with van der Waals surface area (Å²) in [5, 5.41) is 10.1. The normalized spacial score (nSPS) is 13.1. The van der Waals surface area contributed by atoms with Gasteiger partial charge in [0.25, 0.3) is 0 Å². The lowest BCUT2D eigenvalue weighted by atomic mass is 10.1. The molecule has 0 amide bonds. The van der Waals surface area contributed by atoms with Gasteiger partial charge in [-0.15, -0.1) is 0 Å². The van der Waals surface area contributed by atoms with E-state index in [9.17, 15) is 23.5 Å². The van der Waals surface area contributed by atoms with Gasteiger partial charge < -0.3 is 14.6 Å². The molecule has 0 radical (unpaired) electrons. The first-order chi connectivity index (χ1) is 8.32. The molecule has 4 nitrogen and oxygen atoms in total. The molecule has 0 aromatic rings. The molecular formula is C12H19F2O4-. The molecule has 0 N–H and O–H groups in total. The molecule has 0 aliphatic heterocycles. The van der Waals surface area contributed by atoms with Crippen LogP contribution < -0.4 is 5.11 Å². The largest absolute Gasteiger partial charge is 0.544 e. The van der Waals surface area contributed by atoms with Crippen molar-refractivity contribution in [1.29, 1.82) is 0 Å². The van der Waals surface area contributed by atoms with Gasteiger partial charge in [0.05, 0.1) is 0 Å². The molecule has 0 fully saturated rings. The highest BCUT2D eigenvalue weighted by Gasteiger charge is 2.40. The average Bonchev–Trinajstić information content (AvgIpc) is 2.28. The Morgan fingerprint density at radius 3 is 2.28 bits per heavy atom. The quantitative estimate of drug-likeness (QED) is 0.470. The van der Waals surface area contributed by atoms with Crippen LogP contribution >= 0.6 is 0 Å². The second kappa shape index (κ2) is 8.00. The maximum absolute atomic E-state index is 12.8. The van der Waals surface area contributed by atoms with E-state index in [1.54, 1.807) is 0 Å². The van der Waals surface area contributed by atoms with Crippen LogP contribution in [0.15, 0.2) is 0 Å². The molecule has 0 spiro atoms. The van der Waals surface area contributed by atoms with E-state index in [2.05, 4.69) is 11.7 Å². The Morgan fingerprint density at radius 2 is 1.78 bits per heavy atom. The minimum absolute atomic E-state index is 0.0250. The number of aliphatic carboxylic acids is 1. The zero-order valence-electron chi connectivity index (χ0n) is 10.7. The second-order valence-corrected chi connectivity index (χ2v) is 4.21.